The van der Waals surface area contributed by atoms with Crippen LogP contribution in [-0.4, -0.2) is 36.0 Å². The zero-order valence-electron chi connectivity index (χ0n) is 17.0. The molecule has 1 aliphatic heterocycles. The Labute approximate surface area is 179 Å². The van der Waals surface area contributed by atoms with E-state index in [-0.39, 0.29) is 11.3 Å². The van der Waals surface area contributed by atoms with Crippen molar-refractivity contribution in [3.05, 3.63) is 89.8 Å². The molecule has 7 nitrogen and oxygen atoms in total. The number of ether oxygens (including phenoxy) is 2. The maximum atomic E-state index is 13.1. The number of aliphatic hydroxyl groups excluding tert-OH is 1. The molecule has 1 aliphatic rings. The molecule has 0 aliphatic carbocycles. The number of aromatic nitrogens is 1. The Balaban J connectivity index is 1.93. The van der Waals surface area contributed by atoms with Crippen LogP contribution in [0.4, 0.5) is 5.69 Å². The fourth-order valence-electron chi connectivity index (χ4n) is 3.60. The summed E-state index contributed by atoms with van der Waals surface area (Å²) in [5.41, 5.74) is 1.24. The Morgan fingerprint density at radius 1 is 0.935 bits per heavy atom. The van der Waals surface area contributed by atoms with Crippen LogP contribution in [0.5, 0.6) is 11.5 Å². The smallest absolute Gasteiger partial charge is 0.300 e. The number of carbonyl (C=O) groups excluding carboxylic acids is 2. The number of nitrogens with zero attached hydrogens (tertiary/aromatic N) is 2. The van der Waals surface area contributed by atoms with Crippen molar-refractivity contribution in [1.29, 1.82) is 0 Å². The van der Waals surface area contributed by atoms with Crippen molar-refractivity contribution in [3.63, 3.8) is 0 Å². The van der Waals surface area contributed by atoms with Crippen LogP contribution in [0.15, 0.2) is 78.5 Å². The molecule has 156 valence electrons. The number of Topliss-reactive ketones (excluding diaryl/α,β-unsaturated/α-hetero) is 1. The van der Waals surface area contributed by atoms with Crippen LogP contribution in [-0.2, 0) is 9.59 Å². The van der Waals surface area contributed by atoms with E-state index in [1.54, 1.807) is 72.9 Å². The van der Waals surface area contributed by atoms with E-state index in [2.05, 4.69) is 4.98 Å². The molecule has 0 radical (unpaired) electrons. The summed E-state index contributed by atoms with van der Waals surface area (Å²) in [6.45, 7) is 0. The van der Waals surface area contributed by atoms with Gasteiger partial charge in [0.05, 0.1) is 25.5 Å². The van der Waals surface area contributed by atoms with Gasteiger partial charge in [0.25, 0.3) is 11.7 Å². The lowest BCUT2D eigenvalue weighted by atomic mass is 9.98. The first-order valence-corrected chi connectivity index (χ1v) is 9.55. The molecule has 2 aromatic carbocycles. The predicted octanol–water partition coefficient (Wildman–Crippen LogP) is 3.73. The van der Waals surface area contributed by atoms with Crippen molar-refractivity contribution in [2.45, 2.75) is 6.04 Å². The molecule has 1 unspecified atom stereocenters. The number of carbonyl (C=O) groups is 2. The number of methoxy groups -OCH3 is 2. The van der Waals surface area contributed by atoms with E-state index in [0.717, 1.165) is 0 Å². The molecule has 1 fully saturated rings. The summed E-state index contributed by atoms with van der Waals surface area (Å²) in [5, 5.41) is 11.1. The lowest BCUT2D eigenvalue weighted by Crippen LogP contribution is -2.29. The molecular formula is C24H20N2O5. The summed E-state index contributed by atoms with van der Waals surface area (Å²) in [5.74, 6) is -0.794. The first-order chi connectivity index (χ1) is 15.0. The van der Waals surface area contributed by atoms with Gasteiger partial charge in [-0.2, -0.15) is 0 Å². The van der Waals surface area contributed by atoms with Gasteiger partial charge < -0.3 is 14.6 Å². The van der Waals surface area contributed by atoms with Gasteiger partial charge in [0.2, 0.25) is 0 Å². The number of rotatable bonds is 5. The van der Waals surface area contributed by atoms with Gasteiger partial charge in [-0.1, -0.05) is 24.3 Å². The minimum atomic E-state index is -0.903. The number of ketones is 1. The highest BCUT2D eigenvalue weighted by molar-refractivity contribution is 6.51. The van der Waals surface area contributed by atoms with Crippen molar-refractivity contribution in [2.75, 3.05) is 19.1 Å². The Hall–Kier alpha value is -4.13. The molecule has 2 heterocycles. The molecule has 7 heteroatoms. The van der Waals surface area contributed by atoms with E-state index >= 15 is 0 Å². The monoisotopic (exact) mass is 416 g/mol. The van der Waals surface area contributed by atoms with E-state index < -0.39 is 17.7 Å². The van der Waals surface area contributed by atoms with Crippen LogP contribution in [0.1, 0.15) is 17.3 Å². The average Bonchev–Trinajstić information content (AvgIpc) is 3.09. The minimum Gasteiger partial charge on any atom is -0.507 e. The molecule has 31 heavy (non-hydrogen) atoms. The van der Waals surface area contributed by atoms with Crippen LogP contribution in [0.2, 0.25) is 0 Å². The van der Waals surface area contributed by atoms with Crippen molar-refractivity contribution in [2.24, 2.45) is 0 Å². The fourth-order valence-corrected chi connectivity index (χ4v) is 3.60. The lowest BCUT2D eigenvalue weighted by molar-refractivity contribution is -0.132. The summed E-state index contributed by atoms with van der Waals surface area (Å²) in [6.07, 6.45) is 1.58. The largest absolute Gasteiger partial charge is 0.507 e. The molecule has 1 amide bonds. The van der Waals surface area contributed by atoms with Gasteiger partial charge in [-0.25, -0.2) is 0 Å². The minimum absolute atomic E-state index is 0.0419. The molecule has 0 bridgehead atoms. The average molecular weight is 416 g/mol. The van der Waals surface area contributed by atoms with E-state index in [4.69, 9.17) is 9.47 Å². The molecule has 3 aromatic rings. The Kier molecular flexibility index (Phi) is 5.41. The topological polar surface area (TPSA) is 89.0 Å². The molecule has 1 aromatic heterocycles. The van der Waals surface area contributed by atoms with Crippen molar-refractivity contribution in [3.8, 4) is 11.5 Å². The number of hydrogen-bond acceptors (Lipinski definition) is 6. The third kappa shape index (κ3) is 3.61. The summed E-state index contributed by atoms with van der Waals surface area (Å²) in [7, 11) is 3.03. The summed E-state index contributed by atoms with van der Waals surface area (Å²) < 4.78 is 10.5. The standard InChI is InChI=1S/C24H20N2O5/c1-30-17-9-5-7-15(13-17)22(27)20-21(19-11-3-4-12-25-19)26(24(29)23(20)28)16-8-6-10-18(14-16)31-2/h3-14,21,27H,1-2H3/b22-20+. The van der Waals surface area contributed by atoms with Crippen molar-refractivity contribution in [1.82, 2.24) is 4.98 Å². The highest BCUT2D eigenvalue weighted by Gasteiger charge is 2.47. The van der Waals surface area contributed by atoms with Gasteiger partial charge in [0.1, 0.15) is 23.3 Å². The number of aliphatic hydroxyl groups is 1. The number of amides is 1. The fraction of sp³-hybridized carbons (Fsp3) is 0.125. The zero-order chi connectivity index (χ0) is 22.0. The molecular weight excluding hydrogens is 396 g/mol. The van der Waals surface area contributed by atoms with Crippen molar-refractivity contribution >= 4 is 23.1 Å². The number of hydrogen-bond donors (Lipinski definition) is 1. The highest BCUT2D eigenvalue weighted by atomic mass is 16.5. The SMILES string of the molecule is COc1cccc(/C(O)=C2\C(=O)C(=O)N(c3cccc(OC)c3)C2c2ccccn2)c1. The zero-order valence-corrected chi connectivity index (χ0v) is 17.0. The predicted molar refractivity (Wildman–Crippen MR) is 115 cm³/mol. The van der Waals surface area contributed by atoms with Crippen LogP contribution < -0.4 is 14.4 Å². The Bertz CT molecular complexity index is 1170. The van der Waals surface area contributed by atoms with Crippen LogP contribution in [0.25, 0.3) is 5.76 Å². The van der Waals surface area contributed by atoms with E-state index in [9.17, 15) is 14.7 Å². The second-order valence-corrected chi connectivity index (χ2v) is 6.86. The molecule has 1 saturated heterocycles. The quantitative estimate of drug-likeness (QED) is 0.387. The summed E-state index contributed by atoms with van der Waals surface area (Å²) >= 11 is 0. The Morgan fingerprint density at radius 2 is 1.65 bits per heavy atom. The maximum absolute atomic E-state index is 13.1. The number of anilines is 1. The summed E-state index contributed by atoms with van der Waals surface area (Å²) in [6, 6.07) is 17.8. The molecule has 1 atom stereocenters. The van der Waals surface area contributed by atoms with Crippen LogP contribution >= 0.6 is 0 Å². The van der Waals surface area contributed by atoms with Gasteiger partial charge >= 0.3 is 0 Å². The molecule has 0 saturated carbocycles. The van der Waals surface area contributed by atoms with Gasteiger partial charge in [-0.3, -0.25) is 19.5 Å². The van der Waals surface area contributed by atoms with Crippen LogP contribution in [0.3, 0.4) is 0 Å². The summed E-state index contributed by atoms with van der Waals surface area (Å²) in [4.78, 5) is 31.9. The third-order valence-electron chi connectivity index (χ3n) is 5.09. The van der Waals surface area contributed by atoms with E-state index in [0.29, 0.717) is 28.4 Å². The lowest BCUT2D eigenvalue weighted by Gasteiger charge is -2.24. The number of benzene rings is 2. The maximum Gasteiger partial charge on any atom is 0.300 e. The molecule has 4 rings (SSSR count). The highest BCUT2D eigenvalue weighted by Crippen LogP contribution is 2.42. The van der Waals surface area contributed by atoms with Crippen molar-refractivity contribution < 1.29 is 24.2 Å². The second-order valence-electron chi connectivity index (χ2n) is 6.86. The number of pyridine rings is 1. The van der Waals surface area contributed by atoms with Gasteiger partial charge in [-0.15, -0.1) is 0 Å². The molecule has 1 N–H and O–H groups in total. The first-order valence-electron chi connectivity index (χ1n) is 9.55. The first kappa shape index (κ1) is 20.2. The van der Waals surface area contributed by atoms with Gasteiger partial charge in [0, 0.05) is 23.5 Å². The van der Waals surface area contributed by atoms with Gasteiger partial charge in [-0.05, 0) is 36.4 Å². The normalized spacial score (nSPS) is 17.6. The van der Waals surface area contributed by atoms with Gasteiger partial charge in [0.15, 0.2) is 0 Å². The van der Waals surface area contributed by atoms with Crippen LogP contribution in [0, 0.1) is 0 Å². The third-order valence-corrected chi connectivity index (χ3v) is 5.09. The van der Waals surface area contributed by atoms with E-state index in [1.165, 1.54) is 19.1 Å². The second kappa shape index (κ2) is 8.31. The van der Waals surface area contributed by atoms with E-state index in [1.807, 2.05) is 0 Å². The molecule has 0 spiro atoms. The Morgan fingerprint density at radius 3 is 2.32 bits per heavy atom.